The van der Waals surface area contributed by atoms with E-state index in [1.807, 2.05) is 39.0 Å². The molecule has 0 aliphatic carbocycles. The van der Waals surface area contributed by atoms with Gasteiger partial charge in [0.25, 0.3) is 0 Å². The van der Waals surface area contributed by atoms with Crippen LogP contribution >= 0.6 is 11.3 Å². The highest BCUT2D eigenvalue weighted by Crippen LogP contribution is 2.34. The summed E-state index contributed by atoms with van der Waals surface area (Å²) in [5.74, 6) is 0. The smallest absolute Gasteiger partial charge is 0.407 e. The Hall–Kier alpha value is -1.11. The number of thiophene rings is 1. The van der Waals surface area contributed by atoms with Crippen molar-refractivity contribution >= 4 is 17.4 Å². The van der Waals surface area contributed by atoms with Crippen LogP contribution < -0.4 is 11.1 Å². The van der Waals surface area contributed by atoms with Gasteiger partial charge in [-0.3, -0.25) is 4.90 Å². The Morgan fingerprint density at radius 3 is 2.87 bits per heavy atom. The maximum atomic E-state index is 12.0. The van der Waals surface area contributed by atoms with E-state index in [-0.39, 0.29) is 18.2 Å². The number of fused-ring (bicyclic) bond motifs is 1. The van der Waals surface area contributed by atoms with E-state index in [9.17, 15) is 4.79 Å². The number of alkyl carbamates (subject to hydrolysis) is 1. The van der Waals surface area contributed by atoms with Crippen LogP contribution in [0, 0.1) is 0 Å². The Bertz CT molecular complexity index is 538. The normalized spacial score (nSPS) is 21.4. The minimum Gasteiger partial charge on any atom is -0.444 e. The molecule has 0 bridgehead atoms. The van der Waals surface area contributed by atoms with E-state index in [1.165, 1.54) is 10.4 Å². The molecule has 0 aromatic carbocycles. The molecule has 0 fully saturated rings. The number of rotatable bonds is 4. The zero-order valence-electron chi connectivity index (χ0n) is 14.8. The van der Waals surface area contributed by atoms with Crippen molar-refractivity contribution in [2.75, 3.05) is 13.1 Å². The maximum absolute atomic E-state index is 12.0. The van der Waals surface area contributed by atoms with Crippen LogP contribution in [0.1, 0.15) is 51.1 Å². The molecule has 3 atom stereocenters. The molecular weight excluding hydrogens is 310 g/mol. The summed E-state index contributed by atoms with van der Waals surface area (Å²) in [7, 11) is 0. The second kappa shape index (κ2) is 7.20. The largest absolute Gasteiger partial charge is 0.444 e. The van der Waals surface area contributed by atoms with Crippen LogP contribution in [0.2, 0.25) is 0 Å². The molecule has 1 aromatic rings. The number of amides is 1. The number of hydrogen-bond acceptors (Lipinski definition) is 5. The zero-order chi connectivity index (χ0) is 17.2. The van der Waals surface area contributed by atoms with Crippen molar-refractivity contribution in [3.8, 4) is 0 Å². The topological polar surface area (TPSA) is 67.6 Å². The van der Waals surface area contributed by atoms with Crippen molar-refractivity contribution in [1.29, 1.82) is 0 Å². The highest BCUT2D eigenvalue weighted by Gasteiger charge is 2.33. The number of nitrogens with two attached hydrogens (primary N) is 1. The molecule has 1 amide bonds. The molecule has 130 valence electrons. The fourth-order valence-electron chi connectivity index (χ4n) is 3.20. The van der Waals surface area contributed by atoms with Gasteiger partial charge in [0.1, 0.15) is 5.60 Å². The van der Waals surface area contributed by atoms with Gasteiger partial charge in [-0.05, 0) is 58.0 Å². The Labute approximate surface area is 143 Å². The van der Waals surface area contributed by atoms with Gasteiger partial charge in [-0.25, -0.2) is 4.79 Å². The Kier molecular flexibility index (Phi) is 5.70. The SMILES string of the molecule is CC(NC(=O)OC(C)(C)C)C(CN)N1CCc2sccc2C1C. The molecule has 3 unspecified atom stereocenters. The van der Waals surface area contributed by atoms with Gasteiger partial charge < -0.3 is 15.8 Å². The molecule has 2 heterocycles. The van der Waals surface area contributed by atoms with Gasteiger partial charge in [-0.2, -0.15) is 0 Å². The number of carbonyl (C=O) groups excluding carboxylic acids is 1. The van der Waals surface area contributed by atoms with Crippen molar-refractivity contribution in [1.82, 2.24) is 10.2 Å². The van der Waals surface area contributed by atoms with E-state index in [0.717, 1.165) is 13.0 Å². The van der Waals surface area contributed by atoms with Gasteiger partial charge in [0.2, 0.25) is 0 Å². The van der Waals surface area contributed by atoms with E-state index in [0.29, 0.717) is 12.6 Å². The first-order valence-corrected chi connectivity index (χ1v) is 9.12. The molecule has 1 aliphatic heterocycles. The lowest BCUT2D eigenvalue weighted by atomic mass is 9.97. The third kappa shape index (κ3) is 4.46. The van der Waals surface area contributed by atoms with Crippen LogP contribution in [0.15, 0.2) is 11.4 Å². The third-order valence-corrected chi connectivity index (χ3v) is 5.31. The average molecular weight is 340 g/mol. The molecule has 0 saturated heterocycles. The number of carbonyl (C=O) groups is 1. The first kappa shape index (κ1) is 18.2. The molecule has 0 spiro atoms. The lowest BCUT2D eigenvalue weighted by Crippen LogP contribution is -2.56. The number of hydrogen-bond donors (Lipinski definition) is 2. The Morgan fingerprint density at radius 2 is 2.26 bits per heavy atom. The third-order valence-electron chi connectivity index (χ3n) is 4.31. The Balaban J connectivity index is 2.03. The van der Waals surface area contributed by atoms with Gasteiger partial charge in [0.05, 0.1) is 0 Å². The summed E-state index contributed by atoms with van der Waals surface area (Å²) in [4.78, 5) is 15.9. The molecular formula is C17H29N3O2S. The van der Waals surface area contributed by atoms with Crippen molar-refractivity contribution in [2.24, 2.45) is 5.73 Å². The minimum atomic E-state index is -0.494. The van der Waals surface area contributed by atoms with Crippen LogP contribution in [0.4, 0.5) is 4.79 Å². The van der Waals surface area contributed by atoms with Crippen LogP contribution in [0.5, 0.6) is 0 Å². The van der Waals surface area contributed by atoms with E-state index < -0.39 is 5.60 Å². The molecule has 1 aromatic heterocycles. The summed E-state index contributed by atoms with van der Waals surface area (Å²) in [5.41, 5.74) is 6.93. The molecule has 6 heteroatoms. The maximum Gasteiger partial charge on any atom is 0.407 e. The lowest BCUT2D eigenvalue weighted by molar-refractivity contribution is 0.0444. The highest BCUT2D eigenvalue weighted by molar-refractivity contribution is 7.10. The molecule has 0 radical (unpaired) electrons. The highest BCUT2D eigenvalue weighted by atomic mass is 32.1. The molecule has 23 heavy (non-hydrogen) atoms. The van der Waals surface area contributed by atoms with Gasteiger partial charge >= 0.3 is 6.09 Å². The number of nitrogens with zero attached hydrogens (tertiary/aromatic N) is 1. The van der Waals surface area contributed by atoms with Crippen LogP contribution in [-0.2, 0) is 11.2 Å². The predicted molar refractivity (Wildman–Crippen MR) is 94.8 cm³/mol. The number of ether oxygens (including phenoxy) is 1. The molecule has 3 N–H and O–H groups in total. The van der Waals surface area contributed by atoms with E-state index >= 15 is 0 Å². The summed E-state index contributed by atoms with van der Waals surface area (Å²) >= 11 is 1.83. The summed E-state index contributed by atoms with van der Waals surface area (Å²) < 4.78 is 5.35. The molecule has 2 rings (SSSR count). The van der Waals surface area contributed by atoms with Gasteiger partial charge in [-0.1, -0.05) is 0 Å². The average Bonchev–Trinajstić information content (AvgIpc) is 2.89. The predicted octanol–water partition coefficient (Wildman–Crippen LogP) is 2.91. The lowest BCUT2D eigenvalue weighted by Gasteiger charge is -2.42. The van der Waals surface area contributed by atoms with Crippen molar-refractivity contribution in [3.05, 3.63) is 21.9 Å². The van der Waals surface area contributed by atoms with Crippen molar-refractivity contribution < 1.29 is 9.53 Å². The van der Waals surface area contributed by atoms with Gasteiger partial charge in [0.15, 0.2) is 0 Å². The van der Waals surface area contributed by atoms with E-state index in [2.05, 4.69) is 28.6 Å². The minimum absolute atomic E-state index is 0.0718. The Morgan fingerprint density at radius 1 is 1.57 bits per heavy atom. The van der Waals surface area contributed by atoms with Crippen molar-refractivity contribution in [3.63, 3.8) is 0 Å². The summed E-state index contributed by atoms with van der Waals surface area (Å²) in [6.07, 6.45) is 0.664. The summed E-state index contributed by atoms with van der Waals surface area (Å²) in [6.45, 7) is 11.3. The fraction of sp³-hybridized carbons (Fsp3) is 0.706. The fourth-order valence-corrected chi connectivity index (χ4v) is 4.16. The molecule has 1 aliphatic rings. The molecule has 0 saturated carbocycles. The second-order valence-corrected chi connectivity index (χ2v) is 8.20. The number of nitrogens with one attached hydrogen (secondary N) is 1. The standard InChI is InChI=1S/C17H29N3O2S/c1-11(19-16(21)22-17(3,4)5)14(10-18)20-8-6-15-13(12(20)2)7-9-23-15/h7,9,11-12,14H,6,8,10,18H2,1-5H3,(H,19,21). The molecule has 5 nitrogen and oxygen atoms in total. The zero-order valence-corrected chi connectivity index (χ0v) is 15.6. The first-order valence-electron chi connectivity index (χ1n) is 8.24. The summed E-state index contributed by atoms with van der Waals surface area (Å²) in [5, 5.41) is 5.10. The van der Waals surface area contributed by atoms with Crippen LogP contribution in [0.25, 0.3) is 0 Å². The van der Waals surface area contributed by atoms with Crippen LogP contribution in [0.3, 0.4) is 0 Å². The van der Waals surface area contributed by atoms with Gasteiger partial charge in [0, 0.05) is 36.1 Å². The second-order valence-electron chi connectivity index (χ2n) is 7.20. The van der Waals surface area contributed by atoms with E-state index in [1.54, 1.807) is 0 Å². The first-order chi connectivity index (χ1) is 10.7. The monoisotopic (exact) mass is 339 g/mol. The van der Waals surface area contributed by atoms with Crippen molar-refractivity contribution in [2.45, 2.75) is 64.8 Å². The van der Waals surface area contributed by atoms with E-state index in [4.69, 9.17) is 10.5 Å². The van der Waals surface area contributed by atoms with Gasteiger partial charge in [-0.15, -0.1) is 11.3 Å². The van der Waals surface area contributed by atoms with Crippen LogP contribution in [-0.4, -0.2) is 41.8 Å². The summed E-state index contributed by atoms with van der Waals surface area (Å²) in [6, 6.07) is 2.54. The quantitative estimate of drug-likeness (QED) is 0.885.